The van der Waals surface area contributed by atoms with Crippen LogP contribution in [0.4, 0.5) is 0 Å². The van der Waals surface area contributed by atoms with Gasteiger partial charge in [-0.15, -0.1) is 11.3 Å². The van der Waals surface area contributed by atoms with E-state index in [0.717, 1.165) is 42.9 Å². The van der Waals surface area contributed by atoms with Crippen LogP contribution in [0.1, 0.15) is 37.6 Å². The van der Waals surface area contributed by atoms with Crippen LogP contribution in [0.3, 0.4) is 0 Å². The summed E-state index contributed by atoms with van der Waals surface area (Å²) >= 11 is 1.78. The van der Waals surface area contributed by atoms with Gasteiger partial charge in [0.15, 0.2) is 13.1 Å². The lowest BCUT2D eigenvalue weighted by molar-refractivity contribution is -0.882. The minimum Gasteiger partial charge on any atom is -0.351 e. The Labute approximate surface area is 164 Å². The molecule has 7 heteroatoms. The molecule has 2 heterocycles. The summed E-state index contributed by atoms with van der Waals surface area (Å²) in [6.07, 6.45) is 1.92. The van der Waals surface area contributed by atoms with Crippen LogP contribution in [0.2, 0.25) is 0 Å². The lowest BCUT2D eigenvalue weighted by Crippen LogP contribution is -3.14. The van der Waals surface area contributed by atoms with E-state index in [0.29, 0.717) is 25.6 Å². The first-order valence-corrected chi connectivity index (χ1v) is 10.7. The maximum Gasteiger partial charge on any atom is 0.277 e. The molecule has 1 fully saturated rings. The third-order valence-corrected chi connectivity index (χ3v) is 6.39. The predicted molar refractivity (Wildman–Crippen MR) is 108 cm³/mol. The van der Waals surface area contributed by atoms with Crippen LogP contribution in [-0.4, -0.2) is 61.0 Å². The van der Waals surface area contributed by atoms with Crippen molar-refractivity contribution in [2.75, 3.05) is 39.3 Å². The molecule has 3 rings (SSSR count). The summed E-state index contributed by atoms with van der Waals surface area (Å²) in [5, 5.41) is 4.00. The van der Waals surface area contributed by atoms with Gasteiger partial charge in [-0.05, 0) is 38.8 Å². The van der Waals surface area contributed by atoms with Crippen LogP contribution in [0.15, 0.2) is 24.3 Å². The number of nitrogens with one attached hydrogen (secondary N) is 2. The highest BCUT2D eigenvalue weighted by molar-refractivity contribution is 7.18. The number of thiazole rings is 1. The van der Waals surface area contributed by atoms with Gasteiger partial charge in [-0.2, -0.15) is 0 Å². The van der Waals surface area contributed by atoms with Gasteiger partial charge in [-0.1, -0.05) is 12.1 Å². The van der Waals surface area contributed by atoms with Crippen LogP contribution in [0.5, 0.6) is 0 Å². The van der Waals surface area contributed by atoms with Crippen molar-refractivity contribution in [1.82, 2.24) is 15.2 Å². The molecule has 1 atom stereocenters. The number of hydrogen-bond donors (Lipinski definition) is 2. The third kappa shape index (κ3) is 5.05. The van der Waals surface area contributed by atoms with E-state index in [1.807, 2.05) is 30.9 Å². The number of fused-ring (bicyclic) bond motifs is 1. The third-order valence-electron chi connectivity index (χ3n) is 5.19. The molecule has 1 unspecified atom stereocenters. The molecule has 1 saturated heterocycles. The fourth-order valence-electron chi connectivity index (χ4n) is 3.57. The van der Waals surface area contributed by atoms with Gasteiger partial charge < -0.3 is 15.1 Å². The number of likely N-dealkylation sites (N-methyl/N-ethyl adjacent to an activating group) is 2. The van der Waals surface area contributed by atoms with E-state index in [2.05, 4.69) is 17.4 Å². The van der Waals surface area contributed by atoms with Crippen LogP contribution in [0.25, 0.3) is 10.2 Å². The van der Waals surface area contributed by atoms with Crippen LogP contribution in [0, 0.1) is 0 Å². The Morgan fingerprint density at radius 3 is 2.63 bits per heavy atom. The predicted octanol–water partition coefficient (Wildman–Crippen LogP) is 1.04. The highest BCUT2D eigenvalue weighted by Crippen LogP contribution is 2.33. The van der Waals surface area contributed by atoms with Crippen molar-refractivity contribution in [3.8, 4) is 0 Å². The molecule has 146 valence electrons. The van der Waals surface area contributed by atoms with E-state index in [4.69, 9.17) is 4.98 Å². The number of carbonyl (C=O) groups excluding carboxylic acids is 2. The Morgan fingerprint density at radius 1 is 1.22 bits per heavy atom. The van der Waals surface area contributed by atoms with Crippen molar-refractivity contribution in [2.45, 2.75) is 32.6 Å². The molecule has 0 spiro atoms. The minimum absolute atomic E-state index is 0.0108. The van der Waals surface area contributed by atoms with E-state index in [-0.39, 0.29) is 11.8 Å². The van der Waals surface area contributed by atoms with Gasteiger partial charge in [0.25, 0.3) is 11.8 Å². The maximum atomic E-state index is 12.7. The van der Waals surface area contributed by atoms with Gasteiger partial charge in [-0.3, -0.25) is 9.59 Å². The zero-order valence-electron chi connectivity index (χ0n) is 16.2. The second-order valence-electron chi connectivity index (χ2n) is 7.09. The Bertz CT molecular complexity index is 750. The first kappa shape index (κ1) is 19.8. The number of likely N-dealkylation sites (tertiary alicyclic amines) is 1. The van der Waals surface area contributed by atoms with Crippen LogP contribution < -0.4 is 10.2 Å². The number of nitrogens with zero attached hydrogens (tertiary/aromatic N) is 2. The van der Waals surface area contributed by atoms with Crippen LogP contribution >= 0.6 is 11.3 Å². The molecule has 27 heavy (non-hydrogen) atoms. The molecule has 1 aliphatic rings. The van der Waals surface area contributed by atoms with E-state index in [1.165, 1.54) is 9.71 Å². The molecule has 0 saturated carbocycles. The summed E-state index contributed by atoms with van der Waals surface area (Å²) in [5.41, 5.74) is 1.07. The summed E-state index contributed by atoms with van der Waals surface area (Å²) < 4.78 is 1.23. The average Bonchev–Trinajstić information content (AvgIpc) is 3.12. The molecule has 6 nitrogen and oxygen atoms in total. The second kappa shape index (κ2) is 9.28. The Morgan fingerprint density at radius 2 is 1.96 bits per heavy atom. The largest absolute Gasteiger partial charge is 0.351 e. The SMILES string of the molecule is CCNC(=O)C[NH+](CC)CC(=O)N1CCC(c2nc3ccccc3s2)CC1. The standard InChI is InChI=1S/C20H28N4O2S/c1-3-21-18(25)13-23(4-2)14-19(26)24-11-9-15(10-12-24)20-22-16-7-5-6-8-17(16)27-20/h5-8,15H,3-4,9-14H2,1-2H3,(H,21,25)/p+1. The van der Waals surface area contributed by atoms with Crippen LogP contribution in [-0.2, 0) is 9.59 Å². The van der Waals surface area contributed by atoms with Gasteiger partial charge in [0.2, 0.25) is 0 Å². The van der Waals surface area contributed by atoms with Gasteiger partial charge in [0.1, 0.15) is 0 Å². The van der Waals surface area contributed by atoms with Gasteiger partial charge in [0.05, 0.1) is 21.8 Å². The molecule has 0 aliphatic carbocycles. The van der Waals surface area contributed by atoms with E-state index >= 15 is 0 Å². The lowest BCUT2D eigenvalue weighted by Gasteiger charge is -2.31. The zero-order chi connectivity index (χ0) is 19.2. The first-order chi connectivity index (χ1) is 13.1. The smallest absolute Gasteiger partial charge is 0.277 e. The number of hydrogen-bond acceptors (Lipinski definition) is 4. The zero-order valence-corrected chi connectivity index (χ0v) is 17.0. The Balaban J connectivity index is 1.51. The Hall–Kier alpha value is -1.99. The summed E-state index contributed by atoms with van der Waals surface area (Å²) in [5.74, 6) is 0.604. The fraction of sp³-hybridized carbons (Fsp3) is 0.550. The van der Waals surface area contributed by atoms with E-state index < -0.39 is 0 Å². The maximum absolute atomic E-state index is 12.7. The molecule has 2 aromatic rings. The lowest BCUT2D eigenvalue weighted by atomic mass is 9.97. The Kier molecular flexibility index (Phi) is 6.79. The monoisotopic (exact) mass is 389 g/mol. The number of benzene rings is 1. The van der Waals surface area contributed by atoms with Gasteiger partial charge in [0, 0.05) is 25.6 Å². The van der Waals surface area contributed by atoms with Gasteiger partial charge >= 0.3 is 0 Å². The molecular weight excluding hydrogens is 360 g/mol. The van der Waals surface area contributed by atoms with E-state index in [1.54, 1.807) is 11.3 Å². The molecule has 1 aromatic carbocycles. The number of carbonyl (C=O) groups is 2. The molecule has 2 N–H and O–H groups in total. The second-order valence-corrected chi connectivity index (χ2v) is 8.15. The van der Waals surface area contributed by atoms with Crippen molar-refractivity contribution in [3.05, 3.63) is 29.3 Å². The van der Waals surface area contributed by atoms with Crippen molar-refractivity contribution in [1.29, 1.82) is 0 Å². The highest BCUT2D eigenvalue weighted by atomic mass is 32.1. The summed E-state index contributed by atoms with van der Waals surface area (Å²) in [6.45, 7) is 7.62. The topological polar surface area (TPSA) is 66.7 Å². The molecule has 0 bridgehead atoms. The van der Waals surface area contributed by atoms with Crippen molar-refractivity contribution in [3.63, 3.8) is 0 Å². The van der Waals surface area contributed by atoms with Gasteiger partial charge in [-0.25, -0.2) is 4.98 Å². The number of amides is 2. The average molecular weight is 390 g/mol. The highest BCUT2D eigenvalue weighted by Gasteiger charge is 2.28. The molecular formula is C20H29N4O2S+. The minimum atomic E-state index is 0.0108. The van der Waals surface area contributed by atoms with E-state index in [9.17, 15) is 9.59 Å². The number of para-hydroxylation sites is 1. The van der Waals surface area contributed by atoms with Crippen molar-refractivity contribution in [2.24, 2.45) is 0 Å². The number of quaternary nitrogens is 1. The number of rotatable bonds is 7. The van der Waals surface area contributed by atoms with Crippen molar-refractivity contribution >= 4 is 33.4 Å². The van der Waals surface area contributed by atoms with Crippen molar-refractivity contribution < 1.29 is 14.5 Å². The molecule has 1 aliphatic heterocycles. The molecule has 0 radical (unpaired) electrons. The molecule has 2 amide bonds. The molecule has 1 aromatic heterocycles. The number of aromatic nitrogens is 1. The summed E-state index contributed by atoms with van der Waals surface area (Å²) in [6, 6.07) is 8.25. The number of piperidine rings is 1. The summed E-state index contributed by atoms with van der Waals surface area (Å²) in [4.78, 5) is 32.2. The summed E-state index contributed by atoms with van der Waals surface area (Å²) in [7, 11) is 0. The fourth-order valence-corrected chi connectivity index (χ4v) is 4.70. The normalized spacial score (nSPS) is 16.4. The first-order valence-electron chi connectivity index (χ1n) is 9.84. The quantitative estimate of drug-likeness (QED) is 0.744.